The molecule has 0 radical (unpaired) electrons. The van der Waals surface area contributed by atoms with Gasteiger partial charge >= 0.3 is 23.1 Å². The van der Waals surface area contributed by atoms with Crippen LogP contribution in [0.2, 0.25) is 0 Å². The molecule has 0 aromatic rings. The van der Waals surface area contributed by atoms with Crippen LogP contribution in [0.5, 0.6) is 0 Å². The molecule has 0 spiro atoms. The highest BCUT2D eigenvalue weighted by Gasteiger charge is 1.38. The summed E-state index contributed by atoms with van der Waals surface area (Å²) in [5, 5.41) is 1.06. The van der Waals surface area contributed by atoms with Gasteiger partial charge in [-0.1, -0.05) is 22.9 Å². The zero-order chi connectivity index (χ0) is 2.71. The molecule has 0 saturated heterocycles. The van der Waals surface area contributed by atoms with Crippen LogP contribution in [0.3, 0.4) is 0 Å². The Morgan fingerprint density at radius 1 is 1.60 bits per heavy atom. The lowest BCUT2D eigenvalue weighted by molar-refractivity contribution is 1.56. The summed E-state index contributed by atoms with van der Waals surface area (Å²) < 4.78 is 0. The summed E-state index contributed by atoms with van der Waals surface area (Å²) in [7, 11) is 0. The van der Waals surface area contributed by atoms with Gasteiger partial charge in [-0.25, -0.2) is 0 Å². The fourth-order valence-electron chi connectivity index (χ4n) is 0. The summed E-state index contributed by atoms with van der Waals surface area (Å²) in [5.41, 5.74) is 0. The molecule has 0 aromatic carbocycles. The maximum atomic E-state index is 3.15. The van der Waals surface area contributed by atoms with Crippen molar-refractivity contribution < 1.29 is 0 Å². The van der Waals surface area contributed by atoms with E-state index in [0.717, 1.165) is 5.33 Å². The molecule has 0 heterocycles. The first kappa shape index (κ1) is 16.4. The Labute approximate surface area is 57.4 Å². The van der Waals surface area contributed by atoms with E-state index in [0.29, 0.717) is 0 Å². The molecule has 3 N–H and O–H groups in total. The van der Waals surface area contributed by atoms with Crippen molar-refractivity contribution in [3.05, 3.63) is 0 Å². The molecular weight excluding hydrogens is 142 g/mol. The highest BCUT2D eigenvalue weighted by Crippen LogP contribution is 1.67. The summed E-state index contributed by atoms with van der Waals surface area (Å²) >= 11 is 3.15. The van der Waals surface area contributed by atoms with E-state index in [4.69, 9.17) is 0 Å². The van der Waals surface area contributed by atoms with Gasteiger partial charge in [0.25, 0.3) is 0 Å². The van der Waals surface area contributed by atoms with Gasteiger partial charge in [0.1, 0.15) is 0 Å². The third-order valence-electron chi connectivity index (χ3n) is 0. The van der Waals surface area contributed by atoms with Crippen molar-refractivity contribution in [1.29, 1.82) is 0 Å². The second-order valence-corrected chi connectivity index (χ2v) is 1.39. The molecule has 0 fully saturated rings. The molecule has 1 nitrogen and oxygen atoms in total. The Hall–Kier alpha value is 1.21. The minimum Gasteiger partial charge on any atom is -0.344 e. The zero-order valence-corrected chi connectivity index (χ0v) is 4.38. The Kier molecular flexibility index (Phi) is 61.9. The van der Waals surface area contributed by atoms with Crippen LogP contribution in [0.4, 0.5) is 0 Å². The molecule has 0 aliphatic rings. The molecule has 0 rings (SSSR count). The third-order valence-corrected chi connectivity index (χ3v) is 0. The first-order chi connectivity index (χ1) is 1.41. The van der Waals surface area contributed by atoms with Gasteiger partial charge in [-0.2, -0.15) is 0 Å². The minimum atomic E-state index is 0. The molecule has 0 bridgehead atoms. The molecule has 32 valence electrons. The average Bonchev–Trinajstić information content (AvgIpc) is 0.918. The van der Waals surface area contributed by atoms with E-state index in [-0.39, 0.29) is 29.2 Å². The maximum absolute atomic E-state index is 3.15. The van der Waals surface area contributed by atoms with Gasteiger partial charge in [-0.15, -0.1) is 0 Å². The highest BCUT2D eigenvalue weighted by atomic mass is 79.9. The van der Waals surface area contributed by atoms with Crippen LogP contribution in [0.25, 0.3) is 0 Å². The zero-order valence-electron chi connectivity index (χ0n) is 2.79. The monoisotopic (exact) mass is 151 g/mol. The molecule has 3 heteroatoms. The summed E-state index contributed by atoms with van der Waals surface area (Å²) in [6, 6.07) is 0. The van der Waals surface area contributed by atoms with E-state index < -0.39 is 0 Å². The van der Waals surface area contributed by atoms with Crippen LogP contribution >= 0.6 is 15.9 Å². The summed E-state index contributed by atoms with van der Waals surface area (Å²) in [5.74, 6) is 0. The smallest absolute Gasteiger partial charge is 0.316 e. The molecule has 0 atom stereocenters. The van der Waals surface area contributed by atoms with Crippen LogP contribution in [0.15, 0.2) is 0 Å². The summed E-state index contributed by atoms with van der Waals surface area (Å²) in [4.78, 5) is 0. The lowest BCUT2D eigenvalue weighted by Crippen LogP contribution is -1.34. The fraction of sp³-hybridized carbons (Fsp3) is 1.00. The normalized spacial score (nSPS) is 3.60. The van der Waals surface area contributed by atoms with Crippen LogP contribution in [0, 0.1) is 0 Å². The molecule has 0 aliphatic carbocycles. The Morgan fingerprint density at radius 2 is 1.60 bits per heavy atom. The predicted molar refractivity (Wildman–Crippen MR) is 33.0 cm³/mol. The molecule has 0 aromatic heterocycles. The number of hydrogen-bond donors (Lipinski definition) is 1. The van der Waals surface area contributed by atoms with Crippen LogP contribution in [0.1, 0.15) is 6.92 Å². The van der Waals surface area contributed by atoms with E-state index in [9.17, 15) is 0 Å². The first-order valence-corrected chi connectivity index (χ1v) is 2.10. The summed E-state index contributed by atoms with van der Waals surface area (Å²) in [6.45, 7) is 2.04. The van der Waals surface area contributed by atoms with Crippen molar-refractivity contribution in [3.63, 3.8) is 0 Å². The molecule has 0 aliphatic heterocycles. The SMILES string of the molecule is CCBr.N.[MgH2]. The van der Waals surface area contributed by atoms with Crippen molar-refractivity contribution in [1.82, 2.24) is 6.15 Å². The number of alkyl halides is 1. The van der Waals surface area contributed by atoms with Gasteiger partial charge in [0.2, 0.25) is 0 Å². The van der Waals surface area contributed by atoms with Crippen molar-refractivity contribution in [3.8, 4) is 0 Å². The Balaban J connectivity index is -0.0000000200. The van der Waals surface area contributed by atoms with Crippen molar-refractivity contribution in [2.24, 2.45) is 0 Å². The molecule has 0 amide bonds. The second kappa shape index (κ2) is 18.9. The molecule has 5 heavy (non-hydrogen) atoms. The molecule has 0 unspecified atom stereocenters. The van der Waals surface area contributed by atoms with Gasteiger partial charge in [-0.05, 0) is 0 Å². The van der Waals surface area contributed by atoms with E-state index in [1.54, 1.807) is 0 Å². The molecular formula is C2H10BrMgN. The van der Waals surface area contributed by atoms with Crippen molar-refractivity contribution in [2.45, 2.75) is 6.92 Å². The topological polar surface area (TPSA) is 35.0 Å². The summed E-state index contributed by atoms with van der Waals surface area (Å²) in [6.07, 6.45) is 0. The molecule has 0 saturated carbocycles. The van der Waals surface area contributed by atoms with Crippen molar-refractivity contribution in [2.75, 3.05) is 5.33 Å². The largest absolute Gasteiger partial charge is 0.344 e. The first-order valence-electron chi connectivity index (χ1n) is 0.974. The van der Waals surface area contributed by atoms with E-state index in [2.05, 4.69) is 15.9 Å². The average molecular weight is 152 g/mol. The quantitative estimate of drug-likeness (QED) is 0.401. The van der Waals surface area contributed by atoms with Gasteiger partial charge in [-0.3, -0.25) is 0 Å². The maximum Gasteiger partial charge on any atom is 0.316 e. The Morgan fingerprint density at radius 3 is 1.60 bits per heavy atom. The number of halogens is 1. The third kappa shape index (κ3) is 36.8. The van der Waals surface area contributed by atoms with E-state index in [1.165, 1.54) is 0 Å². The van der Waals surface area contributed by atoms with E-state index in [1.807, 2.05) is 6.92 Å². The number of hydrogen-bond acceptors (Lipinski definition) is 1. The van der Waals surface area contributed by atoms with Gasteiger partial charge in [0.15, 0.2) is 0 Å². The van der Waals surface area contributed by atoms with Gasteiger partial charge in [0.05, 0.1) is 0 Å². The van der Waals surface area contributed by atoms with E-state index >= 15 is 0 Å². The lowest BCUT2D eigenvalue weighted by Gasteiger charge is -1.45. The van der Waals surface area contributed by atoms with Crippen LogP contribution in [-0.4, -0.2) is 28.4 Å². The predicted octanol–water partition coefficient (Wildman–Crippen LogP) is 0.647. The second-order valence-electron chi connectivity index (χ2n) is 0.267. The van der Waals surface area contributed by atoms with Crippen molar-refractivity contribution >= 4 is 39.0 Å². The van der Waals surface area contributed by atoms with Crippen LogP contribution < -0.4 is 6.15 Å². The number of rotatable bonds is 0. The lowest BCUT2D eigenvalue weighted by atomic mass is 11.0. The minimum absolute atomic E-state index is 0. The standard InChI is InChI=1S/C2H5Br.Mg.H3N.2H/c1-2-3;;;;/h2H2,1H3;;1H3;;. The fourth-order valence-corrected chi connectivity index (χ4v) is 0. The Bertz CT molecular complexity index is 9.61. The van der Waals surface area contributed by atoms with Gasteiger partial charge in [0, 0.05) is 5.33 Å². The van der Waals surface area contributed by atoms with Crippen LogP contribution in [-0.2, 0) is 0 Å². The van der Waals surface area contributed by atoms with Gasteiger partial charge < -0.3 is 6.15 Å². The highest BCUT2D eigenvalue weighted by molar-refractivity contribution is 9.09.